The summed E-state index contributed by atoms with van der Waals surface area (Å²) in [4.78, 5) is 14.0. The van der Waals surface area contributed by atoms with Crippen molar-refractivity contribution in [3.05, 3.63) is 59.8 Å². The summed E-state index contributed by atoms with van der Waals surface area (Å²) in [5, 5.41) is 6.76. The molecule has 2 N–H and O–H groups in total. The van der Waals surface area contributed by atoms with Crippen LogP contribution in [0.25, 0.3) is 0 Å². The van der Waals surface area contributed by atoms with E-state index in [0.29, 0.717) is 5.95 Å². The minimum Gasteiger partial charge on any atom is -0.496 e. The van der Waals surface area contributed by atoms with Gasteiger partial charge >= 0.3 is 0 Å². The van der Waals surface area contributed by atoms with Crippen molar-refractivity contribution in [2.45, 2.75) is 20.3 Å². The average molecular weight is 433 g/mol. The third kappa shape index (κ3) is 5.11. The van der Waals surface area contributed by atoms with Gasteiger partial charge in [-0.2, -0.15) is 4.98 Å². The Morgan fingerprint density at radius 2 is 1.69 bits per heavy atom. The van der Waals surface area contributed by atoms with Crippen LogP contribution in [0.3, 0.4) is 0 Å². The molecule has 1 aliphatic heterocycles. The first kappa shape index (κ1) is 21.9. The summed E-state index contributed by atoms with van der Waals surface area (Å²) in [6.45, 7) is 8.44. The highest BCUT2D eigenvalue weighted by Crippen LogP contribution is 2.27. The number of hydrogen-bond acceptors (Lipinski definition) is 7. The lowest BCUT2D eigenvalue weighted by atomic mass is 10.2. The van der Waals surface area contributed by atoms with Gasteiger partial charge in [-0.3, -0.25) is 0 Å². The average Bonchev–Trinajstić information content (AvgIpc) is 2.81. The summed E-state index contributed by atoms with van der Waals surface area (Å²) < 4.78 is 5.45. The molecule has 4 rings (SSSR count). The van der Waals surface area contributed by atoms with Crippen LogP contribution < -0.4 is 20.3 Å². The molecule has 1 saturated heterocycles. The number of anilines is 5. The Balaban J connectivity index is 1.48. The summed E-state index contributed by atoms with van der Waals surface area (Å²) in [7, 11) is 3.86. The van der Waals surface area contributed by atoms with Crippen molar-refractivity contribution < 1.29 is 4.74 Å². The molecule has 0 unspecified atom stereocenters. The molecule has 0 aliphatic carbocycles. The zero-order valence-electron chi connectivity index (χ0n) is 19.4. The van der Waals surface area contributed by atoms with Crippen molar-refractivity contribution in [1.82, 2.24) is 14.9 Å². The van der Waals surface area contributed by atoms with E-state index < -0.39 is 0 Å². The molecule has 1 aromatic heterocycles. The van der Waals surface area contributed by atoms with E-state index in [-0.39, 0.29) is 0 Å². The zero-order valence-corrected chi connectivity index (χ0v) is 19.4. The number of hydrogen-bond donors (Lipinski definition) is 2. The minimum atomic E-state index is 0.566. The van der Waals surface area contributed by atoms with Gasteiger partial charge in [0.15, 0.2) is 0 Å². The summed E-state index contributed by atoms with van der Waals surface area (Å²) in [5.74, 6) is 2.21. The van der Waals surface area contributed by atoms with Crippen LogP contribution in [0, 0.1) is 6.92 Å². The Labute approximate surface area is 190 Å². The number of nitrogens with one attached hydrogen (secondary N) is 2. The largest absolute Gasteiger partial charge is 0.496 e. The highest BCUT2D eigenvalue weighted by molar-refractivity contribution is 5.65. The first-order chi connectivity index (χ1) is 15.6. The predicted octanol–water partition coefficient (Wildman–Crippen LogP) is 4.60. The van der Waals surface area contributed by atoms with Gasteiger partial charge < -0.3 is 25.2 Å². The Bertz CT molecular complexity index is 1040. The smallest absolute Gasteiger partial charge is 0.229 e. The van der Waals surface area contributed by atoms with Gasteiger partial charge in [0, 0.05) is 61.1 Å². The SMILES string of the molecule is CCc1cnc(Nc2ccc(N3CCN(C)CC3)cc2)nc1Nc1ccc(C)c(OC)c1. The molecule has 7 heteroatoms. The third-order valence-corrected chi connectivity index (χ3v) is 5.91. The van der Waals surface area contributed by atoms with Crippen LogP contribution in [0.4, 0.5) is 28.8 Å². The van der Waals surface area contributed by atoms with Crippen molar-refractivity contribution in [2.75, 3.05) is 55.9 Å². The van der Waals surface area contributed by atoms with E-state index >= 15 is 0 Å². The Morgan fingerprint density at radius 1 is 0.969 bits per heavy atom. The number of piperazine rings is 1. The van der Waals surface area contributed by atoms with Gasteiger partial charge in [0.1, 0.15) is 11.6 Å². The van der Waals surface area contributed by atoms with Crippen LogP contribution in [0.1, 0.15) is 18.1 Å². The third-order valence-electron chi connectivity index (χ3n) is 5.91. The maximum Gasteiger partial charge on any atom is 0.229 e. The van der Waals surface area contributed by atoms with Gasteiger partial charge in [-0.15, -0.1) is 0 Å². The van der Waals surface area contributed by atoms with E-state index in [2.05, 4.69) is 63.7 Å². The van der Waals surface area contributed by atoms with Crippen LogP contribution >= 0.6 is 0 Å². The number of aryl methyl sites for hydroxylation is 2. The lowest BCUT2D eigenvalue weighted by Crippen LogP contribution is -2.44. The van der Waals surface area contributed by atoms with Gasteiger partial charge in [-0.05, 0) is 56.3 Å². The summed E-state index contributed by atoms with van der Waals surface area (Å²) in [6.07, 6.45) is 2.72. The molecule has 0 atom stereocenters. The molecular formula is C25H32N6O. The van der Waals surface area contributed by atoms with Crippen molar-refractivity contribution >= 4 is 28.8 Å². The molecule has 0 radical (unpaired) electrons. The molecule has 1 aliphatic rings. The van der Waals surface area contributed by atoms with Gasteiger partial charge in [0.05, 0.1) is 7.11 Å². The fourth-order valence-electron chi connectivity index (χ4n) is 3.82. The van der Waals surface area contributed by atoms with Crippen molar-refractivity contribution in [3.8, 4) is 5.75 Å². The number of rotatable bonds is 7. The first-order valence-corrected chi connectivity index (χ1v) is 11.1. The quantitative estimate of drug-likeness (QED) is 0.566. The molecule has 0 bridgehead atoms. The minimum absolute atomic E-state index is 0.566. The van der Waals surface area contributed by atoms with Crippen LogP contribution in [0.2, 0.25) is 0 Å². The standard InChI is InChI=1S/C25H32N6O/c1-5-19-17-26-25(29-24(19)27-21-7-6-18(2)23(16-21)32-4)28-20-8-10-22(11-9-20)31-14-12-30(3)13-15-31/h6-11,16-17H,5,12-15H2,1-4H3,(H2,26,27,28,29). The van der Waals surface area contributed by atoms with E-state index in [1.54, 1.807) is 7.11 Å². The van der Waals surface area contributed by atoms with Gasteiger partial charge in [0.2, 0.25) is 5.95 Å². The second kappa shape index (κ2) is 9.87. The lowest BCUT2D eigenvalue weighted by molar-refractivity contribution is 0.313. The molecule has 32 heavy (non-hydrogen) atoms. The molecule has 2 aromatic carbocycles. The van der Waals surface area contributed by atoms with Crippen LogP contribution in [-0.4, -0.2) is 55.2 Å². The van der Waals surface area contributed by atoms with E-state index in [0.717, 1.165) is 66.7 Å². The normalized spacial score (nSPS) is 14.3. The Hall–Kier alpha value is -3.32. The highest BCUT2D eigenvalue weighted by Gasteiger charge is 2.14. The van der Waals surface area contributed by atoms with E-state index in [4.69, 9.17) is 9.72 Å². The molecule has 0 spiro atoms. The van der Waals surface area contributed by atoms with Gasteiger partial charge in [-0.25, -0.2) is 4.98 Å². The van der Waals surface area contributed by atoms with E-state index in [1.807, 2.05) is 31.3 Å². The zero-order chi connectivity index (χ0) is 22.5. The molecule has 3 aromatic rings. The number of nitrogens with zero attached hydrogens (tertiary/aromatic N) is 4. The molecule has 2 heterocycles. The maximum absolute atomic E-state index is 5.45. The van der Waals surface area contributed by atoms with Crippen molar-refractivity contribution in [3.63, 3.8) is 0 Å². The number of aromatic nitrogens is 2. The number of methoxy groups -OCH3 is 1. The highest BCUT2D eigenvalue weighted by atomic mass is 16.5. The van der Waals surface area contributed by atoms with Crippen LogP contribution in [0.5, 0.6) is 5.75 Å². The van der Waals surface area contributed by atoms with Crippen molar-refractivity contribution in [2.24, 2.45) is 0 Å². The molecule has 0 saturated carbocycles. The Morgan fingerprint density at radius 3 is 2.38 bits per heavy atom. The van der Waals surface area contributed by atoms with Crippen LogP contribution in [-0.2, 0) is 6.42 Å². The van der Waals surface area contributed by atoms with E-state index in [1.165, 1.54) is 5.69 Å². The number of benzene rings is 2. The first-order valence-electron chi connectivity index (χ1n) is 11.1. The molecule has 7 nitrogen and oxygen atoms in total. The summed E-state index contributed by atoms with van der Waals surface area (Å²) in [5.41, 5.74) is 5.30. The van der Waals surface area contributed by atoms with Gasteiger partial charge in [-0.1, -0.05) is 13.0 Å². The fraction of sp³-hybridized carbons (Fsp3) is 0.360. The van der Waals surface area contributed by atoms with Crippen LogP contribution in [0.15, 0.2) is 48.7 Å². The summed E-state index contributed by atoms with van der Waals surface area (Å²) >= 11 is 0. The van der Waals surface area contributed by atoms with Crippen molar-refractivity contribution in [1.29, 1.82) is 0 Å². The second-order valence-electron chi connectivity index (χ2n) is 8.19. The number of ether oxygens (including phenoxy) is 1. The monoisotopic (exact) mass is 432 g/mol. The molecule has 168 valence electrons. The molecule has 1 fully saturated rings. The Kier molecular flexibility index (Phi) is 6.75. The second-order valence-corrected chi connectivity index (χ2v) is 8.19. The lowest BCUT2D eigenvalue weighted by Gasteiger charge is -2.34. The summed E-state index contributed by atoms with van der Waals surface area (Å²) in [6, 6.07) is 14.5. The predicted molar refractivity (Wildman–Crippen MR) is 132 cm³/mol. The fourth-order valence-corrected chi connectivity index (χ4v) is 3.82. The molecular weight excluding hydrogens is 400 g/mol. The van der Waals surface area contributed by atoms with E-state index in [9.17, 15) is 0 Å². The maximum atomic E-state index is 5.45. The molecule has 0 amide bonds. The topological polar surface area (TPSA) is 65.6 Å². The number of likely N-dealkylation sites (N-methyl/N-ethyl adjacent to an activating group) is 1. The van der Waals surface area contributed by atoms with Gasteiger partial charge in [0.25, 0.3) is 0 Å².